The third-order valence-corrected chi connectivity index (χ3v) is 5.09. The Bertz CT molecular complexity index is 856. The number of hydrogen-bond acceptors (Lipinski definition) is 4. The fraction of sp³-hybridized carbons (Fsp3) is 0.348. The minimum Gasteiger partial charge on any atom is -0.490 e. The van der Waals surface area contributed by atoms with E-state index < -0.39 is 0 Å². The zero-order chi connectivity index (χ0) is 22.6. The van der Waals surface area contributed by atoms with E-state index in [1.54, 1.807) is 18.3 Å². The number of unbranched alkanes of at least 4 members (excludes halogenated alkanes) is 1. The first-order valence-electron chi connectivity index (χ1n) is 9.88. The molecule has 31 heavy (non-hydrogen) atoms. The van der Waals surface area contributed by atoms with Crippen molar-refractivity contribution in [1.29, 1.82) is 0 Å². The molecule has 168 valence electrons. The third kappa shape index (κ3) is 9.61. The average Bonchev–Trinajstić information content (AvgIpc) is 2.71. The van der Waals surface area contributed by atoms with E-state index in [9.17, 15) is 0 Å². The van der Waals surface area contributed by atoms with Gasteiger partial charge in [-0.05, 0) is 36.0 Å². The highest BCUT2D eigenvalue weighted by molar-refractivity contribution is 6.55. The van der Waals surface area contributed by atoms with Crippen LogP contribution in [-0.2, 0) is 4.84 Å². The largest absolute Gasteiger partial charge is 0.490 e. The lowest BCUT2D eigenvalue weighted by molar-refractivity contribution is 0.137. The molecular formula is C23H25Cl4NO3. The quantitative estimate of drug-likeness (QED) is 0.167. The molecule has 0 saturated carbocycles. The van der Waals surface area contributed by atoms with Crippen LogP contribution in [0.2, 0.25) is 10.0 Å². The van der Waals surface area contributed by atoms with E-state index in [0.717, 1.165) is 18.4 Å². The summed E-state index contributed by atoms with van der Waals surface area (Å²) in [4.78, 5) is 5.31. The Morgan fingerprint density at radius 2 is 1.61 bits per heavy atom. The van der Waals surface area contributed by atoms with Gasteiger partial charge in [-0.25, -0.2) is 0 Å². The molecule has 0 heterocycles. The molecule has 0 spiro atoms. The molecule has 0 aromatic heterocycles. The van der Waals surface area contributed by atoms with Crippen molar-refractivity contribution < 1.29 is 14.3 Å². The Kier molecular flexibility index (Phi) is 11.4. The predicted octanol–water partition coefficient (Wildman–Crippen LogP) is 8.02. The normalized spacial score (nSPS) is 11.1. The summed E-state index contributed by atoms with van der Waals surface area (Å²) in [7, 11) is 0. The number of oxime groups is 1. The highest BCUT2D eigenvalue weighted by Gasteiger charge is 2.10. The van der Waals surface area contributed by atoms with Gasteiger partial charge in [-0.2, -0.15) is 0 Å². The van der Waals surface area contributed by atoms with Gasteiger partial charge in [0, 0.05) is 12.1 Å². The van der Waals surface area contributed by atoms with E-state index in [0.29, 0.717) is 40.7 Å². The van der Waals surface area contributed by atoms with Gasteiger partial charge in [-0.1, -0.05) is 89.7 Å². The van der Waals surface area contributed by atoms with Crippen LogP contribution in [-0.4, -0.2) is 26.0 Å². The molecule has 0 atom stereocenters. The maximum Gasteiger partial charge on any atom is 0.156 e. The van der Waals surface area contributed by atoms with E-state index in [2.05, 4.69) is 31.1 Å². The number of rotatable bonds is 12. The van der Waals surface area contributed by atoms with Crippen LogP contribution >= 0.6 is 46.4 Å². The molecule has 2 aromatic rings. The molecule has 0 fully saturated rings. The summed E-state index contributed by atoms with van der Waals surface area (Å²) in [6.45, 7) is 5.49. The van der Waals surface area contributed by atoms with Gasteiger partial charge in [0.15, 0.2) is 5.75 Å². The minimum atomic E-state index is 0.132. The number of halogens is 4. The summed E-state index contributed by atoms with van der Waals surface area (Å²) in [5.74, 6) is 1.43. The molecule has 0 saturated heterocycles. The summed E-state index contributed by atoms with van der Waals surface area (Å²) >= 11 is 23.6. The second-order valence-corrected chi connectivity index (χ2v) is 8.79. The summed E-state index contributed by atoms with van der Waals surface area (Å²) in [6, 6.07) is 11.5. The molecule has 0 aliphatic heterocycles. The van der Waals surface area contributed by atoms with Crippen molar-refractivity contribution in [1.82, 2.24) is 0 Å². The van der Waals surface area contributed by atoms with Crippen molar-refractivity contribution >= 4 is 52.6 Å². The van der Waals surface area contributed by atoms with Crippen LogP contribution in [0.1, 0.15) is 43.7 Å². The van der Waals surface area contributed by atoms with Gasteiger partial charge in [-0.3, -0.25) is 0 Å². The Morgan fingerprint density at radius 1 is 0.968 bits per heavy atom. The van der Waals surface area contributed by atoms with Gasteiger partial charge in [0.1, 0.15) is 23.5 Å². The summed E-state index contributed by atoms with van der Waals surface area (Å²) < 4.78 is 11.3. The summed E-state index contributed by atoms with van der Waals surface area (Å²) in [5.41, 5.74) is 2.31. The lowest BCUT2D eigenvalue weighted by atomic mass is 10.0. The molecule has 0 radical (unpaired) electrons. The standard InChI is InChI=1S/C23H25Cl4NO3/c1-16(2)18-7-5-17(6-8-18)15-28-31-11-4-3-10-30-23-20(24)13-19(14-21(23)25)29-12-9-22(26)27/h5-9,13-16H,3-4,10-12H2,1-2H3. The molecule has 2 aromatic carbocycles. The second-order valence-electron chi connectivity index (χ2n) is 6.97. The smallest absolute Gasteiger partial charge is 0.156 e. The monoisotopic (exact) mass is 503 g/mol. The van der Waals surface area contributed by atoms with Gasteiger partial charge in [0.25, 0.3) is 0 Å². The Labute approximate surface area is 203 Å². The molecule has 0 unspecified atom stereocenters. The van der Waals surface area contributed by atoms with Crippen molar-refractivity contribution in [2.45, 2.75) is 32.6 Å². The van der Waals surface area contributed by atoms with Crippen molar-refractivity contribution in [3.05, 3.63) is 68.1 Å². The first-order valence-corrected chi connectivity index (χ1v) is 11.4. The highest BCUT2D eigenvalue weighted by Crippen LogP contribution is 2.37. The zero-order valence-corrected chi connectivity index (χ0v) is 20.4. The van der Waals surface area contributed by atoms with Crippen molar-refractivity contribution in [3.8, 4) is 11.5 Å². The van der Waals surface area contributed by atoms with Crippen LogP contribution in [0.4, 0.5) is 0 Å². The SMILES string of the molecule is CC(C)c1ccc(C=NOCCCCOc2c(Cl)cc(OCC=C(Cl)Cl)cc2Cl)cc1. The van der Waals surface area contributed by atoms with E-state index >= 15 is 0 Å². The van der Waals surface area contributed by atoms with Crippen LogP contribution in [0, 0.1) is 0 Å². The topological polar surface area (TPSA) is 40.0 Å². The first kappa shape index (κ1) is 25.7. The second kappa shape index (κ2) is 13.7. The van der Waals surface area contributed by atoms with Crippen molar-refractivity contribution in [2.24, 2.45) is 5.16 Å². The highest BCUT2D eigenvalue weighted by atomic mass is 35.5. The van der Waals surface area contributed by atoms with Crippen LogP contribution in [0.5, 0.6) is 11.5 Å². The lowest BCUT2D eigenvalue weighted by Gasteiger charge is -2.12. The van der Waals surface area contributed by atoms with Crippen LogP contribution < -0.4 is 9.47 Å². The first-order chi connectivity index (χ1) is 14.9. The van der Waals surface area contributed by atoms with Crippen molar-refractivity contribution in [2.75, 3.05) is 19.8 Å². The van der Waals surface area contributed by atoms with Crippen LogP contribution in [0.3, 0.4) is 0 Å². The third-order valence-electron chi connectivity index (χ3n) is 4.22. The van der Waals surface area contributed by atoms with Gasteiger partial charge in [0.05, 0.1) is 22.9 Å². The molecule has 0 N–H and O–H groups in total. The summed E-state index contributed by atoms with van der Waals surface area (Å²) in [6.07, 6.45) is 4.78. The predicted molar refractivity (Wildman–Crippen MR) is 131 cm³/mol. The minimum absolute atomic E-state index is 0.132. The molecule has 2 rings (SSSR count). The van der Waals surface area contributed by atoms with Gasteiger partial charge in [0.2, 0.25) is 0 Å². The Balaban J connectivity index is 1.67. The summed E-state index contributed by atoms with van der Waals surface area (Å²) in [5, 5.41) is 4.74. The van der Waals surface area contributed by atoms with E-state index in [-0.39, 0.29) is 11.1 Å². The average molecular weight is 505 g/mol. The van der Waals surface area contributed by atoms with E-state index in [4.69, 9.17) is 60.7 Å². The van der Waals surface area contributed by atoms with E-state index in [1.807, 2.05) is 12.1 Å². The molecule has 0 aliphatic rings. The Hall–Kier alpha value is -1.59. The molecule has 4 nitrogen and oxygen atoms in total. The van der Waals surface area contributed by atoms with Gasteiger partial charge >= 0.3 is 0 Å². The fourth-order valence-electron chi connectivity index (χ4n) is 2.52. The maximum absolute atomic E-state index is 6.24. The van der Waals surface area contributed by atoms with Gasteiger partial charge < -0.3 is 14.3 Å². The Morgan fingerprint density at radius 3 is 2.23 bits per heavy atom. The number of hydrogen-bond donors (Lipinski definition) is 0. The van der Waals surface area contributed by atoms with Crippen molar-refractivity contribution in [3.63, 3.8) is 0 Å². The number of nitrogens with zero attached hydrogens (tertiary/aromatic N) is 1. The lowest BCUT2D eigenvalue weighted by Crippen LogP contribution is -2.01. The molecule has 0 amide bonds. The molecule has 8 heteroatoms. The van der Waals surface area contributed by atoms with Crippen LogP contribution in [0.25, 0.3) is 0 Å². The molecular weight excluding hydrogens is 480 g/mol. The zero-order valence-electron chi connectivity index (χ0n) is 17.4. The number of ether oxygens (including phenoxy) is 2. The van der Waals surface area contributed by atoms with Crippen LogP contribution in [0.15, 0.2) is 52.1 Å². The fourth-order valence-corrected chi connectivity index (χ4v) is 3.22. The molecule has 0 bridgehead atoms. The molecule has 0 aliphatic carbocycles. The van der Waals surface area contributed by atoms with E-state index in [1.165, 1.54) is 11.6 Å². The van der Waals surface area contributed by atoms with Gasteiger partial charge in [-0.15, -0.1) is 0 Å². The maximum atomic E-state index is 6.24. The number of benzene rings is 2.